The molecule has 0 N–H and O–H groups in total. The van der Waals surface area contributed by atoms with Crippen molar-refractivity contribution in [3.63, 3.8) is 0 Å². The van der Waals surface area contributed by atoms with Crippen LogP contribution in [0.1, 0.15) is 28.8 Å². The summed E-state index contributed by atoms with van der Waals surface area (Å²) < 4.78 is 0. The van der Waals surface area contributed by atoms with E-state index in [1.54, 1.807) is 23.1 Å². The van der Waals surface area contributed by atoms with Crippen molar-refractivity contribution in [1.82, 2.24) is 4.90 Å². The first-order valence-electron chi connectivity index (χ1n) is 6.07. The Morgan fingerprint density at radius 2 is 2.33 bits per heavy atom. The Bertz CT molecular complexity index is 507. The molecular weight excluding hydrogens is 248 g/mol. The highest BCUT2D eigenvalue weighted by Crippen LogP contribution is 2.21. The van der Waals surface area contributed by atoms with Gasteiger partial charge in [-0.05, 0) is 43.5 Å². The van der Waals surface area contributed by atoms with Crippen LogP contribution >= 0.6 is 11.6 Å². The van der Waals surface area contributed by atoms with Gasteiger partial charge in [0.05, 0.1) is 12.0 Å². The second-order valence-corrected chi connectivity index (χ2v) is 5.12. The molecule has 2 rings (SSSR count). The van der Waals surface area contributed by atoms with E-state index in [9.17, 15) is 4.79 Å². The number of carbonyl (C=O) groups excluding carboxylic acids is 1. The SMILES string of the molecule is Cc1cc(Cl)ccc1C(=O)N1CCCC(C#N)C1. The Morgan fingerprint density at radius 1 is 1.56 bits per heavy atom. The minimum Gasteiger partial charge on any atom is -0.337 e. The third kappa shape index (κ3) is 2.65. The molecule has 1 aliphatic heterocycles. The monoisotopic (exact) mass is 262 g/mol. The Labute approximate surface area is 112 Å². The zero-order chi connectivity index (χ0) is 13.1. The highest BCUT2D eigenvalue weighted by molar-refractivity contribution is 6.30. The quantitative estimate of drug-likeness (QED) is 0.781. The van der Waals surface area contributed by atoms with Crippen LogP contribution in [0.4, 0.5) is 0 Å². The van der Waals surface area contributed by atoms with Crippen LogP contribution in [0.25, 0.3) is 0 Å². The third-order valence-electron chi connectivity index (χ3n) is 3.31. The molecule has 1 aromatic rings. The fourth-order valence-corrected chi connectivity index (χ4v) is 2.53. The van der Waals surface area contributed by atoms with Gasteiger partial charge in [-0.25, -0.2) is 0 Å². The Morgan fingerprint density at radius 3 is 3.00 bits per heavy atom. The van der Waals surface area contributed by atoms with Crippen molar-refractivity contribution >= 4 is 17.5 Å². The molecule has 1 unspecified atom stereocenters. The molecule has 0 spiro atoms. The smallest absolute Gasteiger partial charge is 0.254 e. The van der Waals surface area contributed by atoms with Crippen molar-refractivity contribution in [2.75, 3.05) is 13.1 Å². The average molecular weight is 263 g/mol. The van der Waals surface area contributed by atoms with Crippen LogP contribution in [0, 0.1) is 24.2 Å². The van der Waals surface area contributed by atoms with Crippen molar-refractivity contribution in [2.45, 2.75) is 19.8 Å². The Kier molecular flexibility index (Phi) is 3.88. The minimum atomic E-state index is -0.0321. The Balaban J connectivity index is 2.18. The van der Waals surface area contributed by atoms with Crippen molar-refractivity contribution in [2.24, 2.45) is 5.92 Å². The van der Waals surface area contributed by atoms with E-state index in [2.05, 4.69) is 6.07 Å². The van der Waals surface area contributed by atoms with Gasteiger partial charge in [-0.15, -0.1) is 0 Å². The zero-order valence-electron chi connectivity index (χ0n) is 10.3. The summed E-state index contributed by atoms with van der Waals surface area (Å²) in [4.78, 5) is 14.1. The van der Waals surface area contributed by atoms with E-state index < -0.39 is 0 Å². The summed E-state index contributed by atoms with van der Waals surface area (Å²) in [5, 5.41) is 9.58. The summed E-state index contributed by atoms with van der Waals surface area (Å²) in [5.74, 6) is -0.0283. The lowest BCUT2D eigenvalue weighted by molar-refractivity contribution is 0.0698. The van der Waals surface area contributed by atoms with Crippen LogP contribution in [0.15, 0.2) is 18.2 Å². The molecule has 18 heavy (non-hydrogen) atoms. The summed E-state index contributed by atoms with van der Waals surface area (Å²) in [7, 11) is 0. The standard InChI is InChI=1S/C14H15ClN2O/c1-10-7-12(15)4-5-13(10)14(18)17-6-2-3-11(8-16)9-17/h4-5,7,11H,2-3,6,9H2,1H3. The van der Waals surface area contributed by atoms with E-state index >= 15 is 0 Å². The molecular formula is C14H15ClN2O. The largest absolute Gasteiger partial charge is 0.337 e. The predicted molar refractivity (Wildman–Crippen MR) is 70.4 cm³/mol. The van der Waals surface area contributed by atoms with Gasteiger partial charge in [0.2, 0.25) is 0 Å². The van der Waals surface area contributed by atoms with Crippen LogP contribution in [-0.4, -0.2) is 23.9 Å². The lowest BCUT2D eigenvalue weighted by atomic mass is 9.98. The van der Waals surface area contributed by atoms with Gasteiger partial charge in [0.15, 0.2) is 0 Å². The lowest BCUT2D eigenvalue weighted by Gasteiger charge is -2.30. The molecule has 1 saturated heterocycles. The molecule has 1 atom stereocenters. The van der Waals surface area contributed by atoms with Crippen molar-refractivity contribution in [3.05, 3.63) is 34.3 Å². The predicted octanol–water partition coefficient (Wildman–Crippen LogP) is 3.02. The topological polar surface area (TPSA) is 44.1 Å². The maximum absolute atomic E-state index is 12.4. The van der Waals surface area contributed by atoms with Crippen LogP contribution in [0.3, 0.4) is 0 Å². The second kappa shape index (κ2) is 5.41. The molecule has 0 radical (unpaired) electrons. The molecule has 1 aromatic carbocycles. The number of likely N-dealkylation sites (tertiary alicyclic amines) is 1. The van der Waals surface area contributed by atoms with Gasteiger partial charge in [-0.3, -0.25) is 4.79 Å². The van der Waals surface area contributed by atoms with E-state index in [1.807, 2.05) is 6.92 Å². The number of aryl methyl sites for hydroxylation is 1. The van der Waals surface area contributed by atoms with Gasteiger partial charge in [0.25, 0.3) is 5.91 Å². The minimum absolute atomic E-state index is 0.00381. The molecule has 0 aliphatic carbocycles. The molecule has 0 aromatic heterocycles. The molecule has 0 saturated carbocycles. The number of hydrogen-bond donors (Lipinski definition) is 0. The number of nitrogens with zero attached hydrogens (tertiary/aromatic N) is 2. The normalized spacial score (nSPS) is 19.4. The van der Waals surface area contributed by atoms with Crippen LogP contribution < -0.4 is 0 Å². The second-order valence-electron chi connectivity index (χ2n) is 4.68. The number of amides is 1. The number of piperidine rings is 1. The summed E-state index contributed by atoms with van der Waals surface area (Å²) in [5.41, 5.74) is 1.56. The number of halogens is 1. The first-order chi connectivity index (χ1) is 8.61. The van der Waals surface area contributed by atoms with E-state index in [1.165, 1.54) is 0 Å². The van der Waals surface area contributed by atoms with Crippen LogP contribution in [0.5, 0.6) is 0 Å². The Hall–Kier alpha value is -1.53. The van der Waals surface area contributed by atoms with Gasteiger partial charge >= 0.3 is 0 Å². The van der Waals surface area contributed by atoms with Crippen molar-refractivity contribution < 1.29 is 4.79 Å². The number of nitriles is 1. The molecule has 1 amide bonds. The molecule has 4 heteroatoms. The van der Waals surface area contributed by atoms with Crippen molar-refractivity contribution in [1.29, 1.82) is 5.26 Å². The number of rotatable bonds is 1. The average Bonchev–Trinajstić information content (AvgIpc) is 2.38. The summed E-state index contributed by atoms with van der Waals surface area (Å²) in [6.45, 7) is 3.15. The molecule has 1 fully saturated rings. The van der Waals surface area contributed by atoms with Crippen molar-refractivity contribution in [3.8, 4) is 6.07 Å². The zero-order valence-corrected chi connectivity index (χ0v) is 11.1. The molecule has 1 heterocycles. The highest BCUT2D eigenvalue weighted by atomic mass is 35.5. The van der Waals surface area contributed by atoms with Gasteiger partial charge in [-0.2, -0.15) is 5.26 Å². The van der Waals surface area contributed by atoms with Gasteiger partial charge in [0, 0.05) is 23.7 Å². The van der Waals surface area contributed by atoms with Crippen LogP contribution in [-0.2, 0) is 0 Å². The van der Waals surface area contributed by atoms with Crippen LogP contribution in [0.2, 0.25) is 5.02 Å². The highest BCUT2D eigenvalue weighted by Gasteiger charge is 2.24. The molecule has 1 aliphatic rings. The fourth-order valence-electron chi connectivity index (χ4n) is 2.30. The van der Waals surface area contributed by atoms with Gasteiger partial charge < -0.3 is 4.90 Å². The third-order valence-corrected chi connectivity index (χ3v) is 3.55. The van der Waals surface area contributed by atoms with Gasteiger partial charge in [-0.1, -0.05) is 11.6 Å². The fraction of sp³-hybridized carbons (Fsp3) is 0.429. The van der Waals surface area contributed by atoms with E-state index in [0.717, 1.165) is 24.9 Å². The number of benzene rings is 1. The van der Waals surface area contributed by atoms with E-state index in [0.29, 0.717) is 17.1 Å². The number of hydrogen-bond acceptors (Lipinski definition) is 2. The van der Waals surface area contributed by atoms with E-state index in [-0.39, 0.29) is 11.8 Å². The number of carbonyl (C=O) groups is 1. The molecule has 0 bridgehead atoms. The molecule has 3 nitrogen and oxygen atoms in total. The summed E-state index contributed by atoms with van der Waals surface area (Å²) in [6, 6.07) is 7.53. The molecule has 94 valence electrons. The maximum Gasteiger partial charge on any atom is 0.254 e. The lowest BCUT2D eigenvalue weighted by Crippen LogP contribution is -2.39. The first kappa shape index (κ1) is 12.9. The first-order valence-corrected chi connectivity index (χ1v) is 6.44. The maximum atomic E-state index is 12.4. The van der Waals surface area contributed by atoms with E-state index in [4.69, 9.17) is 16.9 Å². The summed E-state index contributed by atoms with van der Waals surface area (Å²) >= 11 is 5.89. The van der Waals surface area contributed by atoms with Gasteiger partial charge in [0.1, 0.15) is 0 Å². The summed E-state index contributed by atoms with van der Waals surface area (Å²) in [6.07, 6.45) is 1.79.